The number of rotatable bonds is 3. The lowest BCUT2D eigenvalue weighted by Gasteiger charge is -2.34. The Morgan fingerprint density at radius 1 is 1.47 bits per heavy atom. The van der Waals surface area contributed by atoms with Gasteiger partial charge in [-0.05, 0) is 37.8 Å². The zero-order valence-electron chi connectivity index (χ0n) is 9.28. The maximum absolute atomic E-state index is 5.96. The Balaban J connectivity index is 1.93. The molecule has 0 aliphatic heterocycles. The maximum atomic E-state index is 5.96. The molecule has 1 fully saturated rings. The van der Waals surface area contributed by atoms with Gasteiger partial charge in [0.1, 0.15) is 5.82 Å². The molecule has 0 saturated heterocycles. The van der Waals surface area contributed by atoms with Crippen LogP contribution in [0.2, 0.25) is 0 Å². The topological polar surface area (TPSA) is 16.1 Å². The van der Waals surface area contributed by atoms with Crippen molar-refractivity contribution in [2.45, 2.75) is 25.1 Å². The van der Waals surface area contributed by atoms with Crippen LogP contribution in [0.15, 0.2) is 18.2 Å². The fourth-order valence-corrected chi connectivity index (χ4v) is 2.53. The molecule has 82 valence electrons. The van der Waals surface area contributed by atoms with Gasteiger partial charge in [-0.2, -0.15) is 0 Å². The van der Waals surface area contributed by atoms with Crippen LogP contribution in [0, 0.1) is 12.8 Å². The standard InChI is InChI=1S/C12H17ClN2/c1-9-4-3-5-12(14-9)15(2)8-10-6-11(13)7-10/h3-5,10-11H,6-8H2,1-2H3. The highest BCUT2D eigenvalue weighted by Gasteiger charge is 2.28. The number of anilines is 1. The lowest BCUT2D eigenvalue weighted by atomic mass is 9.84. The molecule has 0 unspecified atom stereocenters. The molecule has 15 heavy (non-hydrogen) atoms. The van der Waals surface area contributed by atoms with E-state index in [2.05, 4.69) is 29.1 Å². The molecule has 0 N–H and O–H groups in total. The minimum absolute atomic E-state index is 0.411. The molecule has 0 radical (unpaired) electrons. The van der Waals surface area contributed by atoms with Gasteiger partial charge >= 0.3 is 0 Å². The largest absolute Gasteiger partial charge is 0.359 e. The number of pyridine rings is 1. The fraction of sp³-hybridized carbons (Fsp3) is 0.583. The number of aromatic nitrogens is 1. The Morgan fingerprint density at radius 2 is 2.20 bits per heavy atom. The molecule has 1 aliphatic carbocycles. The fourth-order valence-electron chi connectivity index (χ4n) is 2.03. The molecule has 1 aliphatic rings. The van der Waals surface area contributed by atoms with Crippen molar-refractivity contribution in [1.82, 2.24) is 4.98 Å². The summed E-state index contributed by atoms with van der Waals surface area (Å²) in [4.78, 5) is 6.72. The SMILES string of the molecule is Cc1cccc(N(C)CC2CC(Cl)C2)n1. The van der Waals surface area contributed by atoms with E-state index < -0.39 is 0 Å². The van der Waals surface area contributed by atoms with Crippen molar-refractivity contribution in [3.05, 3.63) is 23.9 Å². The molecule has 1 heterocycles. The first-order chi connectivity index (χ1) is 7.15. The smallest absolute Gasteiger partial charge is 0.128 e. The highest BCUT2D eigenvalue weighted by molar-refractivity contribution is 6.21. The van der Waals surface area contributed by atoms with Gasteiger partial charge in [-0.1, -0.05) is 6.07 Å². The Kier molecular flexibility index (Phi) is 3.15. The number of nitrogens with zero attached hydrogens (tertiary/aromatic N) is 2. The molecular weight excluding hydrogens is 208 g/mol. The van der Waals surface area contributed by atoms with Gasteiger partial charge in [0, 0.05) is 24.7 Å². The minimum atomic E-state index is 0.411. The second-order valence-electron chi connectivity index (χ2n) is 4.45. The van der Waals surface area contributed by atoms with E-state index in [1.165, 1.54) is 0 Å². The van der Waals surface area contributed by atoms with Gasteiger partial charge in [0.25, 0.3) is 0 Å². The number of aryl methyl sites for hydroxylation is 1. The van der Waals surface area contributed by atoms with Crippen LogP contribution in [0.25, 0.3) is 0 Å². The molecule has 2 nitrogen and oxygen atoms in total. The van der Waals surface area contributed by atoms with Crippen LogP contribution in [-0.2, 0) is 0 Å². The zero-order valence-corrected chi connectivity index (χ0v) is 10.0. The number of alkyl halides is 1. The number of halogens is 1. The summed E-state index contributed by atoms with van der Waals surface area (Å²) in [5.74, 6) is 1.81. The van der Waals surface area contributed by atoms with Crippen LogP contribution < -0.4 is 4.90 Å². The Bertz CT molecular complexity index is 334. The van der Waals surface area contributed by atoms with Crippen molar-refractivity contribution >= 4 is 17.4 Å². The van der Waals surface area contributed by atoms with E-state index in [0.717, 1.165) is 36.8 Å². The molecule has 2 rings (SSSR count). The molecule has 3 heteroatoms. The molecular formula is C12H17ClN2. The van der Waals surface area contributed by atoms with Crippen LogP contribution in [0.5, 0.6) is 0 Å². The summed E-state index contributed by atoms with van der Waals surface area (Å²) in [7, 11) is 2.10. The lowest BCUT2D eigenvalue weighted by molar-refractivity contribution is 0.328. The monoisotopic (exact) mass is 224 g/mol. The highest BCUT2D eigenvalue weighted by atomic mass is 35.5. The summed E-state index contributed by atoms with van der Waals surface area (Å²) in [6.07, 6.45) is 2.30. The predicted octanol–water partition coefficient (Wildman–Crippen LogP) is 2.84. The van der Waals surface area contributed by atoms with Gasteiger partial charge < -0.3 is 4.90 Å². The van der Waals surface area contributed by atoms with Gasteiger partial charge in [0.2, 0.25) is 0 Å². The molecule has 1 aromatic rings. The van der Waals surface area contributed by atoms with E-state index in [1.54, 1.807) is 0 Å². The summed E-state index contributed by atoms with van der Waals surface area (Å²) in [5, 5.41) is 0.411. The van der Waals surface area contributed by atoms with Gasteiger partial charge in [0.05, 0.1) is 0 Å². The third kappa shape index (κ3) is 2.63. The number of hydrogen-bond donors (Lipinski definition) is 0. The second kappa shape index (κ2) is 4.40. The van der Waals surface area contributed by atoms with E-state index in [-0.39, 0.29) is 0 Å². The predicted molar refractivity (Wildman–Crippen MR) is 64.6 cm³/mol. The van der Waals surface area contributed by atoms with Crippen molar-refractivity contribution in [2.24, 2.45) is 5.92 Å². The van der Waals surface area contributed by atoms with Crippen molar-refractivity contribution in [3.8, 4) is 0 Å². The first kappa shape index (κ1) is 10.7. The highest BCUT2D eigenvalue weighted by Crippen LogP contribution is 2.32. The van der Waals surface area contributed by atoms with E-state index in [0.29, 0.717) is 5.38 Å². The Morgan fingerprint density at radius 3 is 2.80 bits per heavy atom. The quantitative estimate of drug-likeness (QED) is 0.734. The van der Waals surface area contributed by atoms with Crippen molar-refractivity contribution in [1.29, 1.82) is 0 Å². The lowest BCUT2D eigenvalue weighted by Crippen LogP contribution is -2.35. The number of hydrogen-bond acceptors (Lipinski definition) is 2. The second-order valence-corrected chi connectivity index (χ2v) is 5.07. The van der Waals surface area contributed by atoms with Crippen LogP contribution in [0.3, 0.4) is 0 Å². The van der Waals surface area contributed by atoms with E-state index in [9.17, 15) is 0 Å². The third-order valence-corrected chi connectivity index (χ3v) is 3.33. The molecule has 1 aromatic heterocycles. The molecule has 0 atom stereocenters. The maximum Gasteiger partial charge on any atom is 0.128 e. The van der Waals surface area contributed by atoms with Gasteiger partial charge in [-0.25, -0.2) is 4.98 Å². The van der Waals surface area contributed by atoms with Crippen LogP contribution in [0.4, 0.5) is 5.82 Å². The first-order valence-electron chi connectivity index (χ1n) is 5.44. The van der Waals surface area contributed by atoms with E-state index >= 15 is 0 Å². The van der Waals surface area contributed by atoms with Gasteiger partial charge in [0.15, 0.2) is 0 Å². The summed E-state index contributed by atoms with van der Waals surface area (Å²) in [6, 6.07) is 6.14. The van der Waals surface area contributed by atoms with Crippen LogP contribution >= 0.6 is 11.6 Å². The van der Waals surface area contributed by atoms with Gasteiger partial charge in [-0.15, -0.1) is 11.6 Å². The van der Waals surface area contributed by atoms with E-state index in [1.807, 2.05) is 13.0 Å². The van der Waals surface area contributed by atoms with Crippen molar-refractivity contribution in [3.63, 3.8) is 0 Å². The molecule has 0 aromatic carbocycles. The molecule has 1 saturated carbocycles. The van der Waals surface area contributed by atoms with E-state index in [4.69, 9.17) is 11.6 Å². The summed E-state index contributed by atoms with van der Waals surface area (Å²) < 4.78 is 0. The first-order valence-corrected chi connectivity index (χ1v) is 5.87. The van der Waals surface area contributed by atoms with Crippen molar-refractivity contribution in [2.75, 3.05) is 18.5 Å². The van der Waals surface area contributed by atoms with Gasteiger partial charge in [-0.3, -0.25) is 0 Å². The average molecular weight is 225 g/mol. The Labute approximate surface area is 96.3 Å². The molecule has 0 amide bonds. The summed E-state index contributed by atoms with van der Waals surface area (Å²) >= 11 is 5.96. The average Bonchev–Trinajstić information content (AvgIpc) is 2.15. The third-order valence-electron chi connectivity index (χ3n) is 2.97. The summed E-state index contributed by atoms with van der Waals surface area (Å²) in [5.41, 5.74) is 1.07. The minimum Gasteiger partial charge on any atom is -0.359 e. The molecule has 0 spiro atoms. The zero-order chi connectivity index (χ0) is 10.8. The molecule has 0 bridgehead atoms. The normalized spacial score (nSPS) is 24.7. The van der Waals surface area contributed by atoms with Crippen LogP contribution in [0.1, 0.15) is 18.5 Å². The summed E-state index contributed by atoms with van der Waals surface area (Å²) in [6.45, 7) is 3.09. The Hall–Kier alpha value is -0.760. The van der Waals surface area contributed by atoms with Crippen molar-refractivity contribution < 1.29 is 0 Å². The van der Waals surface area contributed by atoms with Crippen LogP contribution in [-0.4, -0.2) is 24.0 Å².